The highest BCUT2D eigenvalue weighted by Gasteiger charge is 2.24. The van der Waals surface area contributed by atoms with E-state index in [9.17, 15) is 9.18 Å². The van der Waals surface area contributed by atoms with Gasteiger partial charge in [-0.25, -0.2) is 4.39 Å². The molecular formula is C14H17ClFNO2. The SMILES string of the molecule is O=C(c1ccc(F)c(Cl)c1)N1CCCC(CCO)C1. The fourth-order valence-corrected chi connectivity index (χ4v) is 2.66. The highest BCUT2D eigenvalue weighted by molar-refractivity contribution is 6.31. The van der Waals surface area contributed by atoms with Crippen molar-refractivity contribution in [3.63, 3.8) is 0 Å². The van der Waals surface area contributed by atoms with Crippen molar-refractivity contribution in [3.8, 4) is 0 Å². The van der Waals surface area contributed by atoms with E-state index in [1.165, 1.54) is 18.2 Å². The number of benzene rings is 1. The minimum atomic E-state index is -0.519. The average molecular weight is 286 g/mol. The zero-order valence-electron chi connectivity index (χ0n) is 10.6. The molecule has 0 radical (unpaired) electrons. The number of aliphatic hydroxyl groups is 1. The monoisotopic (exact) mass is 285 g/mol. The molecule has 1 fully saturated rings. The van der Waals surface area contributed by atoms with Gasteiger partial charge in [0.15, 0.2) is 0 Å². The molecule has 2 rings (SSSR count). The lowest BCUT2D eigenvalue weighted by Gasteiger charge is -2.32. The number of piperidine rings is 1. The molecule has 104 valence electrons. The van der Waals surface area contributed by atoms with Crippen LogP contribution in [0, 0.1) is 11.7 Å². The molecule has 19 heavy (non-hydrogen) atoms. The van der Waals surface area contributed by atoms with Crippen molar-refractivity contribution in [2.24, 2.45) is 5.92 Å². The van der Waals surface area contributed by atoms with Gasteiger partial charge in [0, 0.05) is 25.3 Å². The lowest BCUT2D eigenvalue weighted by atomic mass is 9.94. The largest absolute Gasteiger partial charge is 0.396 e. The molecule has 0 bridgehead atoms. The van der Waals surface area contributed by atoms with Crippen molar-refractivity contribution >= 4 is 17.5 Å². The molecular weight excluding hydrogens is 269 g/mol. The summed E-state index contributed by atoms with van der Waals surface area (Å²) in [6.45, 7) is 1.50. The third-order valence-corrected chi connectivity index (χ3v) is 3.80. The van der Waals surface area contributed by atoms with Gasteiger partial charge in [0.2, 0.25) is 0 Å². The van der Waals surface area contributed by atoms with Gasteiger partial charge in [-0.3, -0.25) is 4.79 Å². The molecule has 1 aromatic rings. The smallest absolute Gasteiger partial charge is 0.253 e. The second-order valence-corrected chi connectivity index (χ2v) is 5.31. The Morgan fingerprint density at radius 3 is 3.00 bits per heavy atom. The van der Waals surface area contributed by atoms with Crippen LogP contribution in [0.2, 0.25) is 5.02 Å². The predicted molar refractivity (Wildman–Crippen MR) is 71.7 cm³/mol. The van der Waals surface area contributed by atoms with Crippen LogP contribution >= 0.6 is 11.6 Å². The lowest BCUT2D eigenvalue weighted by molar-refractivity contribution is 0.0653. The molecule has 1 saturated heterocycles. The topological polar surface area (TPSA) is 40.5 Å². The number of carbonyl (C=O) groups excluding carboxylic acids is 1. The summed E-state index contributed by atoms with van der Waals surface area (Å²) in [4.78, 5) is 14.1. The quantitative estimate of drug-likeness (QED) is 0.928. The van der Waals surface area contributed by atoms with Gasteiger partial charge in [-0.1, -0.05) is 11.6 Å². The van der Waals surface area contributed by atoms with Crippen LogP contribution < -0.4 is 0 Å². The number of likely N-dealkylation sites (tertiary alicyclic amines) is 1. The fraction of sp³-hybridized carbons (Fsp3) is 0.500. The first kappa shape index (κ1) is 14.3. The summed E-state index contributed by atoms with van der Waals surface area (Å²) in [7, 11) is 0. The van der Waals surface area contributed by atoms with Gasteiger partial charge in [0.25, 0.3) is 5.91 Å². The minimum Gasteiger partial charge on any atom is -0.396 e. The third kappa shape index (κ3) is 3.45. The Labute approximate surface area is 117 Å². The summed E-state index contributed by atoms with van der Waals surface area (Å²) in [5, 5.41) is 8.93. The summed E-state index contributed by atoms with van der Waals surface area (Å²) in [5.74, 6) is -0.293. The Hall–Kier alpha value is -1.13. The number of halogens is 2. The first-order valence-corrected chi connectivity index (χ1v) is 6.85. The molecule has 0 aromatic heterocycles. The average Bonchev–Trinajstić information content (AvgIpc) is 2.42. The van der Waals surface area contributed by atoms with Gasteiger partial charge in [-0.15, -0.1) is 0 Å². The van der Waals surface area contributed by atoms with E-state index in [1.54, 1.807) is 4.90 Å². The molecule has 1 unspecified atom stereocenters. The Balaban J connectivity index is 2.08. The van der Waals surface area contributed by atoms with Crippen molar-refractivity contribution < 1.29 is 14.3 Å². The maximum absolute atomic E-state index is 13.1. The molecule has 1 N–H and O–H groups in total. The first-order valence-electron chi connectivity index (χ1n) is 6.47. The number of hydrogen-bond donors (Lipinski definition) is 1. The van der Waals surface area contributed by atoms with E-state index in [1.807, 2.05) is 0 Å². The van der Waals surface area contributed by atoms with Crippen LogP contribution in [-0.4, -0.2) is 35.6 Å². The second-order valence-electron chi connectivity index (χ2n) is 4.90. The summed E-state index contributed by atoms with van der Waals surface area (Å²) in [5.41, 5.74) is 0.413. The molecule has 0 aliphatic carbocycles. The number of hydrogen-bond acceptors (Lipinski definition) is 2. The van der Waals surface area contributed by atoms with Crippen molar-refractivity contribution in [1.29, 1.82) is 0 Å². The van der Waals surface area contributed by atoms with Crippen LogP contribution in [0.15, 0.2) is 18.2 Å². The highest BCUT2D eigenvalue weighted by Crippen LogP contribution is 2.22. The van der Waals surface area contributed by atoms with E-state index in [4.69, 9.17) is 16.7 Å². The molecule has 1 aliphatic heterocycles. The molecule has 0 spiro atoms. The summed E-state index contributed by atoms with van der Waals surface area (Å²) < 4.78 is 13.1. The fourth-order valence-electron chi connectivity index (χ4n) is 2.48. The highest BCUT2D eigenvalue weighted by atomic mass is 35.5. The number of rotatable bonds is 3. The van der Waals surface area contributed by atoms with E-state index in [-0.39, 0.29) is 17.5 Å². The van der Waals surface area contributed by atoms with Gasteiger partial charge in [-0.05, 0) is 43.4 Å². The molecule has 1 amide bonds. The molecule has 1 atom stereocenters. The maximum Gasteiger partial charge on any atom is 0.253 e. The van der Waals surface area contributed by atoms with Gasteiger partial charge in [-0.2, -0.15) is 0 Å². The lowest BCUT2D eigenvalue weighted by Crippen LogP contribution is -2.40. The van der Waals surface area contributed by atoms with Crippen LogP contribution in [0.3, 0.4) is 0 Å². The molecule has 5 heteroatoms. The normalized spacial score (nSPS) is 19.5. The van der Waals surface area contributed by atoms with Crippen molar-refractivity contribution in [2.45, 2.75) is 19.3 Å². The summed E-state index contributed by atoms with van der Waals surface area (Å²) >= 11 is 5.70. The van der Waals surface area contributed by atoms with Crippen LogP contribution in [0.25, 0.3) is 0 Å². The Kier molecular flexibility index (Phi) is 4.77. The summed E-state index contributed by atoms with van der Waals surface area (Å²) in [6.07, 6.45) is 2.69. The number of carbonyl (C=O) groups is 1. The van der Waals surface area contributed by atoms with Crippen LogP contribution in [0.1, 0.15) is 29.6 Å². The van der Waals surface area contributed by atoms with Gasteiger partial charge < -0.3 is 10.0 Å². The number of nitrogens with zero attached hydrogens (tertiary/aromatic N) is 1. The van der Waals surface area contributed by atoms with Gasteiger partial charge in [0.1, 0.15) is 5.82 Å². The van der Waals surface area contributed by atoms with E-state index in [0.717, 1.165) is 12.8 Å². The van der Waals surface area contributed by atoms with Crippen molar-refractivity contribution in [3.05, 3.63) is 34.6 Å². The third-order valence-electron chi connectivity index (χ3n) is 3.51. The first-order chi connectivity index (χ1) is 9.11. The minimum absolute atomic E-state index is 0.0326. The zero-order valence-corrected chi connectivity index (χ0v) is 11.4. The molecule has 3 nitrogen and oxygen atoms in total. The maximum atomic E-state index is 13.1. The van der Waals surface area contributed by atoms with Gasteiger partial charge >= 0.3 is 0 Å². The number of amides is 1. The van der Waals surface area contributed by atoms with Crippen LogP contribution in [-0.2, 0) is 0 Å². The van der Waals surface area contributed by atoms with Gasteiger partial charge in [0.05, 0.1) is 5.02 Å². The van der Waals surface area contributed by atoms with E-state index >= 15 is 0 Å². The number of aliphatic hydroxyl groups excluding tert-OH is 1. The Bertz CT molecular complexity index is 465. The molecule has 1 aliphatic rings. The second kappa shape index (κ2) is 6.35. The molecule has 1 heterocycles. The zero-order chi connectivity index (χ0) is 13.8. The Morgan fingerprint density at radius 2 is 2.32 bits per heavy atom. The van der Waals surface area contributed by atoms with E-state index in [2.05, 4.69) is 0 Å². The van der Waals surface area contributed by atoms with Crippen LogP contribution in [0.4, 0.5) is 4.39 Å². The Morgan fingerprint density at radius 1 is 1.53 bits per heavy atom. The van der Waals surface area contributed by atoms with Crippen LogP contribution in [0.5, 0.6) is 0 Å². The van der Waals surface area contributed by atoms with Crippen molar-refractivity contribution in [2.75, 3.05) is 19.7 Å². The van der Waals surface area contributed by atoms with E-state index in [0.29, 0.717) is 31.0 Å². The summed E-state index contributed by atoms with van der Waals surface area (Å²) in [6, 6.07) is 4.04. The van der Waals surface area contributed by atoms with Crippen molar-refractivity contribution in [1.82, 2.24) is 4.90 Å². The standard InChI is InChI=1S/C14H17ClFNO2/c15-12-8-11(3-4-13(12)16)14(19)17-6-1-2-10(9-17)5-7-18/h3-4,8,10,18H,1-2,5-7,9H2. The van der Waals surface area contributed by atoms with E-state index < -0.39 is 5.82 Å². The predicted octanol–water partition coefficient (Wildman–Crippen LogP) is 2.71. The molecule has 1 aromatic carbocycles. The molecule has 0 saturated carbocycles.